The Balaban J connectivity index is 2.43. The van der Waals surface area contributed by atoms with E-state index >= 15 is 0 Å². The van der Waals surface area contributed by atoms with E-state index in [1.807, 2.05) is 6.07 Å². The second-order valence-corrected chi connectivity index (χ2v) is 4.87. The van der Waals surface area contributed by atoms with E-state index in [1.54, 1.807) is 24.5 Å². The maximum Gasteiger partial charge on any atom is 0.416 e. The van der Waals surface area contributed by atoms with Crippen molar-refractivity contribution in [2.75, 3.05) is 5.73 Å². The van der Waals surface area contributed by atoms with Gasteiger partial charge < -0.3 is 10.3 Å². The van der Waals surface area contributed by atoms with Crippen molar-refractivity contribution < 1.29 is 13.2 Å². The lowest BCUT2D eigenvalue weighted by atomic mass is 10.1. The topological polar surface area (TPSA) is 54.7 Å². The molecule has 0 atom stereocenters. The smallest absolute Gasteiger partial charge is 0.384 e. The molecule has 6 heteroatoms. The lowest BCUT2D eigenvalue weighted by Gasteiger charge is -2.12. The molecule has 0 spiro atoms. The van der Waals surface area contributed by atoms with Crippen molar-refractivity contribution in [3.63, 3.8) is 0 Å². The van der Waals surface area contributed by atoms with Crippen molar-refractivity contribution in [2.45, 2.75) is 26.6 Å². The highest BCUT2D eigenvalue weighted by molar-refractivity contribution is 5.58. The second-order valence-electron chi connectivity index (χ2n) is 4.87. The Hall–Kier alpha value is -2.42. The summed E-state index contributed by atoms with van der Waals surface area (Å²) in [4.78, 5) is 0. The van der Waals surface area contributed by atoms with E-state index in [-0.39, 0.29) is 12.4 Å². The lowest BCUT2D eigenvalue weighted by Crippen LogP contribution is -2.09. The molecule has 0 amide bonds. The third-order valence-electron chi connectivity index (χ3n) is 3.58. The molecule has 2 aromatic rings. The van der Waals surface area contributed by atoms with Gasteiger partial charge in [-0.2, -0.15) is 18.4 Å². The fourth-order valence-corrected chi connectivity index (χ4v) is 2.26. The summed E-state index contributed by atoms with van der Waals surface area (Å²) in [5.41, 5.74) is 7.60. The van der Waals surface area contributed by atoms with Gasteiger partial charge in [-0.15, -0.1) is 0 Å². The average Bonchev–Trinajstić information content (AvgIpc) is 2.62. The number of rotatable bonds is 2. The first kappa shape index (κ1) is 15.0. The second kappa shape index (κ2) is 5.17. The molecular formula is C15H14F3N3. The molecule has 2 N–H and O–H groups in total. The maximum absolute atomic E-state index is 12.7. The summed E-state index contributed by atoms with van der Waals surface area (Å²) in [6.45, 7) is 3.76. The van der Waals surface area contributed by atoms with Crippen LogP contribution in [0.3, 0.4) is 0 Å². The molecule has 0 saturated carbocycles. The normalized spacial score (nSPS) is 11.4. The Morgan fingerprint density at radius 2 is 1.95 bits per heavy atom. The van der Waals surface area contributed by atoms with Gasteiger partial charge in [-0.1, -0.05) is 12.1 Å². The molecule has 21 heavy (non-hydrogen) atoms. The number of benzene rings is 1. The minimum absolute atomic E-state index is 0.199. The minimum Gasteiger partial charge on any atom is -0.384 e. The number of hydrogen-bond donors (Lipinski definition) is 1. The van der Waals surface area contributed by atoms with Crippen molar-refractivity contribution in [1.82, 2.24) is 4.57 Å². The summed E-state index contributed by atoms with van der Waals surface area (Å²) in [6.07, 6.45) is -4.37. The number of aromatic nitrogens is 1. The van der Waals surface area contributed by atoms with Gasteiger partial charge in [-0.3, -0.25) is 0 Å². The Labute approximate surface area is 120 Å². The van der Waals surface area contributed by atoms with Crippen molar-refractivity contribution in [3.8, 4) is 6.07 Å². The van der Waals surface area contributed by atoms with Crippen LogP contribution >= 0.6 is 0 Å². The van der Waals surface area contributed by atoms with E-state index in [0.29, 0.717) is 11.1 Å². The van der Waals surface area contributed by atoms with E-state index in [1.165, 1.54) is 6.07 Å². The molecule has 2 rings (SSSR count). The van der Waals surface area contributed by atoms with Crippen LogP contribution in [0.25, 0.3) is 0 Å². The molecule has 0 aliphatic carbocycles. The standard InChI is InChI=1S/C15H14F3N3/c1-9-10(2)21(14(20)13(9)7-19)8-11-4-3-5-12(6-11)15(16,17)18/h3-6H,8,20H2,1-2H3. The fraction of sp³-hybridized carbons (Fsp3) is 0.267. The molecule has 0 aliphatic heterocycles. The maximum atomic E-state index is 12.7. The van der Waals surface area contributed by atoms with Gasteiger partial charge >= 0.3 is 6.18 Å². The highest BCUT2D eigenvalue weighted by atomic mass is 19.4. The molecule has 0 fully saturated rings. The van der Waals surface area contributed by atoms with Crippen LogP contribution in [-0.2, 0) is 12.7 Å². The van der Waals surface area contributed by atoms with E-state index in [0.717, 1.165) is 23.4 Å². The molecule has 0 saturated heterocycles. The molecule has 110 valence electrons. The van der Waals surface area contributed by atoms with Gasteiger partial charge in [-0.25, -0.2) is 0 Å². The summed E-state index contributed by atoms with van der Waals surface area (Å²) in [5, 5.41) is 9.06. The predicted octanol–water partition coefficient (Wildman–Crippen LogP) is 3.63. The van der Waals surface area contributed by atoms with Gasteiger partial charge in [0.1, 0.15) is 11.9 Å². The van der Waals surface area contributed by atoms with Crippen LogP contribution in [0, 0.1) is 25.2 Å². The number of nitrogen functional groups attached to an aromatic ring is 1. The number of halogens is 3. The van der Waals surface area contributed by atoms with Crippen LogP contribution in [0.1, 0.15) is 27.9 Å². The van der Waals surface area contributed by atoms with Crippen LogP contribution in [0.15, 0.2) is 24.3 Å². The molecule has 0 bridgehead atoms. The number of nitrogens with two attached hydrogens (primary N) is 1. The SMILES string of the molecule is Cc1c(C#N)c(N)n(Cc2cccc(C(F)(F)F)c2)c1C. The lowest BCUT2D eigenvalue weighted by molar-refractivity contribution is -0.137. The quantitative estimate of drug-likeness (QED) is 0.919. The molecule has 1 heterocycles. The molecule has 3 nitrogen and oxygen atoms in total. The summed E-state index contributed by atoms with van der Waals surface area (Å²) >= 11 is 0. The number of hydrogen-bond acceptors (Lipinski definition) is 2. The third-order valence-corrected chi connectivity index (χ3v) is 3.58. The first-order valence-corrected chi connectivity index (χ1v) is 6.27. The first-order chi connectivity index (χ1) is 9.75. The Bertz CT molecular complexity index is 721. The number of nitrogens with zero attached hydrogens (tertiary/aromatic N) is 2. The zero-order chi connectivity index (χ0) is 15.8. The molecule has 1 aromatic heterocycles. The monoisotopic (exact) mass is 293 g/mol. The number of alkyl halides is 3. The van der Waals surface area contributed by atoms with Crippen LogP contribution in [0.4, 0.5) is 19.0 Å². The molecule has 0 aliphatic rings. The van der Waals surface area contributed by atoms with E-state index in [2.05, 4.69) is 0 Å². The van der Waals surface area contributed by atoms with Crippen LogP contribution in [0.5, 0.6) is 0 Å². The zero-order valence-electron chi connectivity index (χ0n) is 11.6. The summed E-state index contributed by atoms with van der Waals surface area (Å²) in [7, 11) is 0. The van der Waals surface area contributed by atoms with Gasteiger partial charge in [0.25, 0.3) is 0 Å². The van der Waals surface area contributed by atoms with Gasteiger partial charge in [0, 0.05) is 12.2 Å². The minimum atomic E-state index is -4.37. The van der Waals surface area contributed by atoms with Crippen molar-refractivity contribution in [1.29, 1.82) is 5.26 Å². The predicted molar refractivity (Wildman–Crippen MR) is 73.6 cm³/mol. The van der Waals surface area contributed by atoms with E-state index < -0.39 is 11.7 Å². The number of anilines is 1. The van der Waals surface area contributed by atoms with Crippen molar-refractivity contribution in [2.24, 2.45) is 0 Å². The van der Waals surface area contributed by atoms with Crippen LogP contribution in [-0.4, -0.2) is 4.57 Å². The first-order valence-electron chi connectivity index (χ1n) is 6.27. The summed E-state index contributed by atoms with van der Waals surface area (Å²) < 4.78 is 39.8. The highest BCUT2D eigenvalue weighted by Gasteiger charge is 2.30. The van der Waals surface area contributed by atoms with Crippen molar-refractivity contribution in [3.05, 3.63) is 52.2 Å². The number of nitriles is 1. The average molecular weight is 293 g/mol. The zero-order valence-corrected chi connectivity index (χ0v) is 11.6. The Kier molecular flexibility index (Phi) is 3.69. The van der Waals surface area contributed by atoms with Gasteiger partial charge in [0.15, 0.2) is 0 Å². The largest absolute Gasteiger partial charge is 0.416 e. The molecule has 0 radical (unpaired) electrons. The summed E-state index contributed by atoms with van der Waals surface area (Å²) in [5.74, 6) is 0.282. The fourth-order valence-electron chi connectivity index (χ4n) is 2.26. The van der Waals surface area contributed by atoms with Gasteiger partial charge in [0.05, 0.1) is 11.1 Å². The van der Waals surface area contributed by atoms with Gasteiger partial charge in [-0.05, 0) is 37.1 Å². The van der Waals surface area contributed by atoms with Crippen molar-refractivity contribution >= 4 is 5.82 Å². The Morgan fingerprint density at radius 3 is 2.48 bits per heavy atom. The van der Waals surface area contributed by atoms with E-state index in [4.69, 9.17) is 11.0 Å². The third kappa shape index (κ3) is 2.72. The molecule has 1 aromatic carbocycles. The highest BCUT2D eigenvalue weighted by Crippen LogP contribution is 2.30. The summed E-state index contributed by atoms with van der Waals surface area (Å²) in [6, 6.07) is 7.12. The van der Waals surface area contributed by atoms with Crippen LogP contribution < -0.4 is 5.73 Å². The van der Waals surface area contributed by atoms with E-state index in [9.17, 15) is 13.2 Å². The molecular weight excluding hydrogens is 279 g/mol. The van der Waals surface area contributed by atoms with Crippen LogP contribution in [0.2, 0.25) is 0 Å². The van der Waals surface area contributed by atoms with Gasteiger partial charge in [0.2, 0.25) is 0 Å². The molecule has 0 unspecified atom stereocenters. The Morgan fingerprint density at radius 1 is 1.29 bits per heavy atom.